The molecule has 1 fully saturated rings. The lowest BCUT2D eigenvalue weighted by Crippen LogP contribution is -2.43. The largest absolute Gasteiger partial charge is 0.472 e. The number of carbonyl (C=O) groups excluding carboxylic acids is 1. The fourth-order valence-corrected chi connectivity index (χ4v) is 2.87. The number of aromatic nitrogens is 1. The fourth-order valence-electron chi connectivity index (χ4n) is 2.87. The molecular formula is C19H22FN5O2. The minimum atomic E-state index is -0.396. The molecule has 2 heterocycles. The Kier molecular flexibility index (Phi) is 6.19. The van der Waals surface area contributed by atoms with E-state index in [0.717, 1.165) is 13.0 Å². The van der Waals surface area contributed by atoms with E-state index in [2.05, 4.69) is 20.6 Å². The summed E-state index contributed by atoms with van der Waals surface area (Å²) in [5, 5.41) is 5.68. The van der Waals surface area contributed by atoms with Crippen LogP contribution in [0.15, 0.2) is 53.7 Å². The Morgan fingerprint density at radius 2 is 2.26 bits per heavy atom. The molecule has 1 aliphatic heterocycles. The highest BCUT2D eigenvalue weighted by Gasteiger charge is 2.26. The van der Waals surface area contributed by atoms with Crippen molar-refractivity contribution in [3.05, 3.63) is 54.5 Å². The van der Waals surface area contributed by atoms with E-state index in [0.29, 0.717) is 24.1 Å². The van der Waals surface area contributed by atoms with Crippen LogP contribution in [0.3, 0.4) is 0 Å². The second kappa shape index (κ2) is 8.98. The van der Waals surface area contributed by atoms with Gasteiger partial charge in [-0.05, 0) is 24.3 Å². The lowest BCUT2D eigenvalue weighted by molar-refractivity contribution is -0.115. The molecule has 0 radical (unpaired) electrons. The molecule has 142 valence electrons. The summed E-state index contributed by atoms with van der Waals surface area (Å²) in [6.07, 6.45) is 2.55. The van der Waals surface area contributed by atoms with Gasteiger partial charge in [-0.3, -0.25) is 9.79 Å². The summed E-state index contributed by atoms with van der Waals surface area (Å²) in [5.74, 6) is 0.549. The molecule has 2 N–H and O–H groups in total. The third kappa shape index (κ3) is 5.40. The first kappa shape index (κ1) is 18.6. The van der Waals surface area contributed by atoms with Crippen LogP contribution in [0.5, 0.6) is 5.88 Å². The first-order valence-corrected chi connectivity index (χ1v) is 8.73. The van der Waals surface area contributed by atoms with E-state index >= 15 is 0 Å². The second-order valence-corrected chi connectivity index (χ2v) is 6.10. The Balaban J connectivity index is 1.47. The molecule has 1 aliphatic rings. The summed E-state index contributed by atoms with van der Waals surface area (Å²) in [4.78, 5) is 22.5. The van der Waals surface area contributed by atoms with E-state index < -0.39 is 5.82 Å². The van der Waals surface area contributed by atoms with Crippen LogP contribution < -0.4 is 15.4 Å². The van der Waals surface area contributed by atoms with Gasteiger partial charge in [0.25, 0.3) is 0 Å². The molecule has 8 heteroatoms. The summed E-state index contributed by atoms with van der Waals surface area (Å²) in [7, 11) is 1.67. The Bertz CT molecular complexity index is 800. The van der Waals surface area contributed by atoms with Crippen LogP contribution in [0, 0.1) is 5.82 Å². The van der Waals surface area contributed by atoms with E-state index in [4.69, 9.17) is 4.74 Å². The lowest BCUT2D eigenvalue weighted by atomic mass is 10.3. The van der Waals surface area contributed by atoms with Crippen LogP contribution in [0.2, 0.25) is 0 Å². The summed E-state index contributed by atoms with van der Waals surface area (Å²) in [5.41, 5.74) is 0.418. The number of ether oxygens (including phenoxy) is 1. The van der Waals surface area contributed by atoms with Gasteiger partial charge in [0.2, 0.25) is 11.8 Å². The van der Waals surface area contributed by atoms with Gasteiger partial charge in [0.05, 0.1) is 13.1 Å². The maximum atomic E-state index is 13.2. The maximum absolute atomic E-state index is 13.2. The monoisotopic (exact) mass is 371 g/mol. The van der Waals surface area contributed by atoms with Crippen molar-refractivity contribution < 1.29 is 13.9 Å². The minimum Gasteiger partial charge on any atom is -0.472 e. The number of guanidine groups is 1. The number of anilines is 1. The van der Waals surface area contributed by atoms with Crippen LogP contribution >= 0.6 is 0 Å². The van der Waals surface area contributed by atoms with E-state index in [9.17, 15) is 9.18 Å². The van der Waals surface area contributed by atoms with Crippen molar-refractivity contribution in [1.29, 1.82) is 0 Å². The predicted molar refractivity (Wildman–Crippen MR) is 101 cm³/mol. The van der Waals surface area contributed by atoms with Crippen LogP contribution in [0.4, 0.5) is 10.1 Å². The number of likely N-dealkylation sites (tertiary alicyclic amines) is 1. The number of halogens is 1. The van der Waals surface area contributed by atoms with Crippen molar-refractivity contribution in [2.75, 3.05) is 32.0 Å². The van der Waals surface area contributed by atoms with E-state index in [-0.39, 0.29) is 18.6 Å². The standard InChI is InChI=1S/C19H22FN5O2/c1-21-19(23-12-17(26)24-15-6-4-5-14(20)11-15)25-10-8-16(13-25)27-18-7-2-3-9-22-18/h2-7,9,11,16H,8,10,12-13H2,1H3,(H,21,23)(H,24,26). The average molecular weight is 371 g/mol. The molecule has 1 unspecified atom stereocenters. The zero-order valence-electron chi connectivity index (χ0n) is 15.1. The molecule has 2 aromatic rings. The molecule has 0 spiro atoms. The highest BCUT2D eigenvalue weighted by molar-refractivity contribution is 5.95. The van der Waals surface area contributed by atoms with Crippen LogP contribution in [-0.2, 0) is 4.79 Å². The zero-order chi connectivity index (χ0) is 19.1. The molecule has 0 saturated carbocycles. The van der Waals surface area contributed by atoms with Crippen molar-refractivity contribution in [1.82, 2.24) is 15.2 Å². The Hall–Kier alpha value is -3.16. The number of benzene rings is 1. The van der Waals surface area contributed by atoms with Crippen LogP contribution in [0.1, 0.15) is 6.42 Å². The number of aliphatic imine (C=N–C) groups is 1. The molecule has 27 heavy (non-hydrogen) atoms. The normalized spacial score (nSPS) is 16.9. The molecule has 1 amide bonds. The molecule has 0 aliphatic carbocycles. The topological polar surface area (TPSA) is 78.9 Å². The maximum Gasteiger partial charge on any atom is 0.243 e. The van der Waals surface area contributed by atoms with E-state index in [1.54, 1.807) is 25.4 Å². The van der Waals surface area contributed by atoms with Crippen molar-refractivity contribution in [2.24, 2.45) is 4.99 Å². The van der Waals surface area contributed by atoms with Gasteiger partial charge < -0.3 is 20.3 Å². The SMILES string of the molecule is CN=C(NCC(=O)Nc1cccc(F)c1)N1CCC(Oc2ccccn2)C1. The van der Waals surface area contributed by atoms with Gasteiger partial charge in [0.15, 0.2) is 5.96 Å². The number of nitrogens with one attached hydrogen (secondary N) is 2. The molecule has 1 aromatic heterocycles. The van der Waals surface area contributed by atoms with E-state index in [1.807, 2.05) is 23.1 Å². The molecule has 7 nitrogen and oxygen atoms in total. The molecule has 1 atom stereocenters. The Morgan fingerprint density at radius 3 is 3.00 bits per heavy atom. The summed E-state index contributed by atoms with van der Waals surface area (Å²) >= 11 is 0. The first-order chi connectivity index (χ1) is 13.1. The Morgan fingerprint density at radius 1 is 1.37 bits per heavy atom. The fraction of sp³-hybridized carbons (Fsp3) is 0.316. The van der Waals surface area contributed by atoms with Gasteiger partial charge in [-0.2, -0.15) is 0 Å². The molecule has 1 aromatic carbocycles. The zero-order valence-corrected chi connectivity index (χ0v) is 15.1. The minimum absolute atomic E-state index is 0.0135. The summed E-state index contributed by atoms with van der Waals surface area (Å²) < 4.78 is 19.0. The summed E-state index contributed by atoms with van der Waals surface area (Å²) in [6.45, 7) is 1.45. The number of rotatable bonds is 5. The number of hydrogen-bond acceptors (Lipinski definition) is 4. The number of carbonyl (C=O) groups is 1. The Labute approximate surface area is 157 Å². The highest BCUT2D eigenvalue weighted by Crippen LogP contribution is 2.16. The van der Waals surface area contributed by atoms with Gasteiger partial charge in [-0.15, -0.1) is 0 Å². The number of nitrogens with zero attached hydrogens (tertiary/aromatic N) is 3. The predicted octanol–water partition coefficient (Wildman–Crippen LogP) is 1.89. The number of amides is 1. The van der Waals surface area contributed by atoms with Gasteiger partial charge in [-0.25, -0.2) is 9.37 Å². The average Bonchev–Trinajstić information content (AvgIpc) is 3.11. The second-order valence-electron chi connectivity index (χ2n) is 6.10. The lowest BCUT2D eigenvalue weighted by Gasteiger charge is -2.21. The molecule has 3 rings (SSSR count). The quantitative estimate of drug-likeness (QED) is 0.620. The van der Waals surface area contributed by atoms with Crippen molar-refractivity contribution >= 4 is 17.6 Å². The van der Waals surface area contributed by atoms with Crippen molar-refractivity contribution in [3.8, 4) is 5.88 Å². The van der Waals surface area contributed by atoms with Crippen LogP contribution in [-0.4, -0.2) is 54.5 Å². The third-order valence-electron chi connectivity index (χ3n) is 4.10. The van der Waals surface area contributed by atoms with Gasteiger partial charge in [0.1, 0.15) is 11.9 Å². The first-order valence-electron chi connectivity index (χ1n) is 8.73. The van der Waals surface area contributed by atoms with Crippen LogP contribution in [0.25, 0.3) is 0 Å². The number of hydrogen-bond donors (Lipinski definition) is 2. The molecule has 0 bridgehead atoms. The van der Waals surface area contributed by atoms with Gasteiger partial charge >= 0.3 is 0 Å². The smallest absolute Gasteiger partial charge is 0.243 e. The molecule has 1 saturated heterocycles. The van der Waals surface area contributed by atoms with Gasteiger partial charge in [-0.1, -0.05) is 12.1 Å². The third-order valence-corrected chi connectivity index (χ3v) is 4.10. The number of pyridine rings is 1. The van der Waals surface area contributed by atoms with Crippen molar-refractivity contribution in [2.45, 2.75) is 12.5 Å². The summed E-state index contributed by atoms with van der Waals surface area (Å²) in [6, 6.07) is 11.3. The van der Waals surface area contributed by atoms with Gasteiger partial charge in [0, 0.05) is 38.0 Å². The van der Waals surface area contributed by atoms with Crippen molar-refractivity contribution in [3.63, 3.8) is 0 Å². The highest BCUT2D eigenvalue weighted by atomic mass is 19.1. The van der Waals surface area contributed by atoms with E-state index in [1.165, 1.54) is 12.1 Å². The molecular weight excluding hydrogens is 349 g/mol.